The predicted octanol–water partition coefficient (Wildman–Crippen LogP) is 2.22. The molecule has 1 aliphatic heterocycles. The van der Waals surface area contributed by atoms with Crippen LogP contribution in [0.5, 0.6) is 0 Å². The molecule has 3 heteroatoms. The maximum Gasteiger partial charge on any atom is 0.126 e. The van der Waals surface area contributed by atoms with Gasteiger partial charge in [-0.05, 0) is 12.3 Å². The number of rotatable bonds is 0. The lowest BCUT2D eigenvalue weighted by atomic mass is 9.93. The monoisotopic (exact) mass is 207 g/mol. The number of aromatic nitrogens is 2. The fourth-order valence-corrected chi connectivity index (χ4v) is 2.18. The van der Waals surface area contributed by atoms with Crippen LogP contribution in [0.1, 0.15) is 51.7 Å². The second-order valence-corrected chi connectivity index (χ2v) is 5.83. The second kappa shape index (κ2) is 3.34. The highest BCUT2D eigenvalue weighted by atomic mass is 15.1. The van der Waals surface area contributed by atoms with E-state index in [0.29, 0.717) is 5.92 Å². The number of fused-ring (bicyclic) bond motifs is 1. The van der Waals surface area contributed by atoms with Crippen LogP contribution in [-0.2, 0) is 12.0 Å². The first-order valence-corrected chi connectivity index (χ1v) is 5.71. The summed E-state index contributed by atoms with van der Waals surface area (Å²) in [6.45, 7) is 9.88. The molecule has 0 saturated heterocycles. The van der Waals surface area contributed by atoms with Gasteiger partial charge in [0.25, 0.3) is 0 Å². The first-order chi connectivity index (χ1) is 6.88. The largest absolute Gasteiger partial charge is 0.333 e. The lowest BCUT2D eigenvalue weighted by Gasteiger charge is -2.25. The van der Waals surface area contributed by atoms with E-state index < -0.39 is 0 Å². The van der Waals surface area contributed by atoms with Crippen LogP contribution in [0.15, 0.2) is 6.20 Å². The molecule has 0 radical (unpaired) electrons. The van der Waals surface area contributed by atoms with Crippen LogP contribution in [0.3, 0.4) is 0 Å². The summed E-state index contributed by atoms with van der Waals surface area (Å²) in [5.74, 6) is 1.73. The molecular formula is C12H21N3. The molecule has 0 bridgehead atoms. The van der Waals surface area contributed by atoms with E-state index in [-0.39, 0.29) is 11.5 Å². The topological polar surface area (TPSA) is 43.8 Å². The van der Waals surface area contributed by atoms with E-state index in [1.54, 1.807) is 0 Å². The normalized spacial score (nSPS) is 26.5. The Bertz CT molecular complexity index is 359. The summed E-state index contributed by atoms with van der Waals surface area (Å²) in [5, 5.41) is 0. The first kappa shape index (κ1) is 10.7. The van der Waals surface area contributed by atoms with Gasteiger partial charge in [-0.2, -0.15) is 0 Å². The quantitative estimate of drug-likeness (QED) is 0.709. The molecule has 0 saturated carbocycles. The molecule has 0 aromatic carbocycles. The number of nitrogens with two attached hydrogens (primary N) is 1. The second-order valence-electron chi connectivity index (χ2n) is 5.83. The highest BCUT2D eigenvalue weighted by Gasteiger charge is 2.27. The number of hydrogen-bond acceptors (Lipinski definition) is 2. The van der Waals surface area contributed by atoms with Gasteiger partial charge in [-0.1, -0.05) is 27.7 Å². The van der Waals surface area contributed by atoms with Crippen molar-refractivity contribution < 1.29 is 0 Å². The van der Waals surface area contributed by atoms with Gasteiger partial charge in [0, 0.05) is 18.2 Å². The van der Waals surface area contributed by atoms with Gasteiger partial charge in [0.1, 0.15) is 5.82 Å². The molecule has 2 heterocycles. The minimum absolute atomic E-state index is 0.116. The molecular weight excluding hydrogens is 186 g/mol. The van der Waals surface area contributed by atoms with E-state index in [0.717, 1.165) is 24.5 Å². The highest BCUT2D eigenvalue weighted by Crippen LogP contribution is 2.29. The average molecular weight is 207 g/mol. The van der Waals surface area contributed by atoms with Crippen LogP contribution >= 0.6 is 0 Å². The first-order valence-electron chi connectivity index (χ1n) is 5.71. The Hall–Kier alpha value is -0.830. The summed E-state index contributed by atoms with van der Waals surface area (Å²) in [7, 11) is 0. The van der Waals surface area contributed by atoms with E-state index in [2.05, 4.69) is 43.4 Å². The summed E-state index contributed by atoms with van der Waals surface area (Å²) < 4.78 is 2.24. The molecule has 0 fully saturated rings. The molecule has 1 aliphatic rings. The van der Waals surface area contributed by atoms with E-state index in [4.69, 9.17) is 5.73 Å². The Morgan fingerprint density at radius 3 is 2.73 bits per heavy atom. The molecule has 2 N–H and O–H groups in total. The number of hydrogen-bond donors (Lipinski definition) is 1. The molecule has 2 rings (SSSR count). The molecule has 0 aliphatic carbocycles. The standard InChI is InChI=1S/C12H21N3/c1-8-5-9(13)11-14-10(12(2,3)4)7-15(11)6-8/h7-9H,5-6,13H2,1-4H3. The predicted molar refractivity (Wildman–Crippen MR) is 61.6 cm³/mol. The van der Waals surface area contributed by atoms with Crippen LogP contribution in [-0.4, -0.2) is 9.55 Å². The molecule has 2 atom stereocenters. The highest BCUT2D eigenvalue weighted by molar-refractivity contribution is 5.16. The third kappa shape index (κ3) is 1.93. The van der Waals surface area contributed by atoms with E-state index >= 15 is 0 Å². The maximum atomic E-state index is 6.11. The van der Waals surface area contributed by atoms with Crippen LogP contribution in [0.4, 0.5) is 0 Å². The lowest BCUT2D eigenvalue weighted by molar-refractivity contribution is 0.346. The lowest BCUT2D eigenvalue weighted by Crippen LogP contribution is -2.26. The Morgan fingerprint density at radius 1 is 1.47 bits per heavy atom. The molecule has 1 aromatic rings. The van der Waals surface area contributed by atoms with Crippen molar-refractivity contribution in [3.8, 4) is 0 Å². The van der Waals surface area contributed by atoms with Gasteiger partial charge in [-0.3, -0.25) is 0 Å². The Morgan fingerprint density at radius 2 is 2.13 bits per heavy atom. The zero-order valence-corrected chi connectivity index (χ0v) is 10.1. The van der Waals surface area contributed by atoms with Crippen molar-refractivity contribution in [2.75, 3.05) is 0 Å². The minimum atomic E-state index is 0.116. The van der Waals surface area contributed by atoms with E-state index in [9.17, 15) is 0 Å². The Kier molecular flexibility index (Phi) is 2.38. The van der Waals surface area contributed by atoms with Crippen molar-refractivity contribution in [2.45, 2.75) is 52.1 Å². The van der Waals surface area contributed by atoms with Gasteiger partial charge in [-0.25, -0.2) is 4.98 Å². The fourth-order valence-electron chi connectivity index (χ4n) is 2.18. The van der Waals surface area contributed by atoms with Gasteiger partial charge >= 0.3 is 0 Å². The number of imidazole rings is 1. The van der Waals surface area contributed by atoms with Crippen molar-refractivity contribution >= 4 is 0 Å². The van der Waals surface area contributed by atoms with Gasteiger partial charge < -0.3 is 10.3 Å². The van der Waals surface area contributed by atoms with E-state index in [1.807, 2.05) is 0 Å². The molecule has 2 unspecified atom stereocenters. The van der Waals surface area contributed by atoms with Crippen LogP contribution in [0, 0.1) is 5.92 Å². The summed E-state index contributed by atoms with van der Waals surface area (Å²) >= 11 is 0. The molecule has 1 aromatic heterocycles. The minimum Gasteiger partial charge on any atom is -0.333 e. The molecule has 84 valence electrons. The maximum absolute atomic E-state index is 6.11. The average Bonchev–Trinajstić information content (AvgIpc) is 2.46. The summed E-state index contributed by atoms with van der Waals surface area (Å²) in [5.41, 5.74) is 7.38. The SMILES string of the molecule is CC1CC(N)c2nc(C(C)(C)C)cn2C1. The molecule has 0 spiro atoms. The van der Waals surface area contributed by atoms with Crippen LogP contribution < -0.4 is 5.73 Å². The van der Waals surface area contributed by atoms with Crippen molar-refractivity contribution in [1.29, 1.82) is 0 Å². The molecule has 15 heavy (non-hydrogen) atoms. The molecule has 3 nitrogen and oxygen atoms in total. The number of nitrogens with zero attached hydrogens (tertiary/aromatic N) is 2. The van der Waals surface area contributed by atoms with Gasteiger partial charge in [-0.15, -0.1) is 0 Å². The van der Waals surface area contributed by atoms with Crippen molar-refractivity contribution in [1.82, 2.24) is 9.55 Å². The van der Waals surface area contributed by atoms with Gasteiger partial charge in [0.05, 0.1) is 11.7 Å². The Labute approximate surface area is 91.7 Å². The zero-order valence-electron chi connectivity index (χ0n) is 10.1. The third-order valence-corrected chi connectivity index (χ3v) is 3.07. The summed E-state index contributed by atoms with van der Waals surface area (Å²) in [4.78, 5) is 4.68. The van der Waals surface area contributed by atoms with Crippen LogP contribution in [0.2, 0.25) is 0 Å². The van der Waals surface area contributed by atoms with Crippen molar-refractivity contribution in [3.05, 3.63) is 17.7 Å². The van der Waals surface area contributed by atoms with Crippen molar-refractivity contribution in [2.24, 2.45) is 11.7 Å². The van der Waals surface area contributed by atoms with Crippen molar-refractivity contribution in [3.63, 3.8) is 0 Å². The van der Waals surface area contributed by atoms with Crippen LogP contribution in [0.25, 0.3) is 0 Å². The smallest absolute Gasteiger partial charge is 0.126 e. The summed E-state index contributed by atoms with van der Waals surface area (Å²) in [6, 6.07) is 0.116. The Balaban J connectivity index is 2.39. The summed E-state index contributed by atoms with van der Waals surface area (Å²) in [6.07, 6.45) is 3.23. The van der Waals surface area contributed by atoms with Gasteiger partial charge in [0.15, 0.2) is 0 Å². The van der Waals surface area contributed by atoms with E-state index in [1.165, 1.54) is 0 Å². The zero-order chi connectivity index (χ0) is 11.2. The molecule has 0 amide bonds. The van der Waals surface area contributed by atoms with Gasteiger partial charge in [0.2, 0.25) is 0 Å². The third-order valence-electron chi connectivity index (χ3n) is 3.07. The fraction of sp³-hybridized carbons (Fsp3) is 0.750.